The zero-order valence-electron chi connectivity index (χ0n) is 15.5. The average Bonchev–Trinajstić information content (AvgIpc) is 3.12. The maximum Gasteiger partial charge on any atom is 0.257 e. The zero-order chi connectivity index (χ0) is 19.2. The molecule has 2 amide bonds. The fourth-order valence-corrected chi connectivity index (χ4v) is 3.27. The van der Waals surface area contributed by atoms with Gasteiger partial charge in [0.05, 0.1) is 17.4 Å². The molecule has 2 aromatic rings. The molecule has 3 rings (SSSR count). The molecule has 2 aromatic heterocycles. The molecule has 0 aliphatic heterocycles. The van der Waals surface area contributed by atoms with Gasteiger partial charge < -0.3 is 15.2 Å². The first kappa shape index (κ1) is 18.9. The van der Waals surface area contributed by atoms with Gasteiger partial charge in [0.25, 0.3) is 11.5 Å². The molecule has 2 N–H and O–H groups in total. The second-order valence-corrected chi connectivity index (χ2v) is 6.83. The van der Waals surface area contributed by atoms with Crippen LogP contribution >= 0.6 is 0 Å². The van der Waals surface area contributed by atoms with Crippen molar-refractivity contribution in [2.75, 3.05) is 5.32 Å². The predicted molar refractivity (Wildman–Crippen MR) is 102 cm³/mol. The largest absolute Gasteiger partial charge is 0.352 e. The lowest BCUT2D eigenvalue weighted by molar-refractivity contribution is -0.122. The molecular formula is C19H25N5O3. The van der Waals surface area contributed by atoms with E-state index >= 15 is 0 Å². The molecule has 2 heterocycles. The molecule has 0 radical (unpaired) electrons. The van der Waals surface area contributed by atoms with Crippen molar-refractivity contribution in [3.63, 3.8) is 0 Å². The molecule has 0 spiro atoms. The third-order valence-electron chi connectivity index (χ3n) is 4.74. The highest BCUT2D eigenvalue weighted by Crippen LogP contribution is 2.17. The van der Waals surface area contributed by atoms with E-state index in [4.69, 9.17) is 0 Å². The van der Waals surface area contributed by atoms with Crippen molar-refractivity contribution in [3.8, 4) is 0 Å². The molecule has 1 saturated carbocycles. The topological polar surface area (TPSA) is 98.0 Å². The average molecular weight is 371 g/mol. The third kappa shape index (κ3) is 5.06. The summed E-state index contributed by atoms with van der Waals surface area (Å²) in [7, 11) is 0. The van der Waals surface area contributed by atoms with Gasteiger partial charge in [-0.05, 0) is 25.8 Å². The number of amides is 2. The maximum atomic E-state index is 12.4. The van der Waals surface area contributed by atoms with Gasteiger partial charge in [-0.25, -0.2) is 0 Å². The summed E-state index contributed by atoms with van der Waals surface area (Å²) in [5, 5.41) is 9.82. The van der Waals surface area contributed by atoms with E-state index in [1.54, 1.807) is 17.1 Å². The molecule has 0 saturated heterocycles. The van der Waals surface area contributed by atoms with E-state index in [-0.39, 0.29) is 30.0 Å². The lowest BCUT2D eigenvalue weighted by atomic mass is 9.95. The van der Waals surface area contributed by atoms with Gasteiger partial charge in [-0.3, -0.25) is 19.1 Å². The Morgan fingerprint density at radius 1 is 1.19 bits per heavy atom. The number of aryl methyl sites for hydroxylation is 1. The van der Waals surface area contributed by atoms with E-state index in [2.05, 4.69) is 15.7 Å². The van der Waals surface area contributed by atoms with E-state index in [1.165, 1.54) is 29.3 Å². The first-order chi connectivity index (χ1) is 13.0. The van der Waals surface area contributed by atoms with Crippen molar-refractivity contribution in [2.24, 2.45) is 0 Å². The summed E-state index contributed by atoms with van der Waals surface area (Å²) in [6, 6.07) is 2.94. The van der Waals surface area contributed by atoms with Crippen LogP contribution in [-0.4, -0.2) is 32.2 Å². The predicted octanol–water partition coefficient (Wildman–Crippen LogP) is 1.77. The number of pyridine rings is 1. The highest BCUT2D eigenvalue weighted by Gasteiger charge is 2.16. The number of hydrogen-bond donors (Lipinski definition) is 2. The van der Waals surface area contributed by atoms with Gasteiger partial charge in [-0.15, -0.1) is 0 Å². The van der Waals surface area contributed by atoms with Gasteiger partial charge >= 0.3 is 0 Å². The summed E-state index contributed by atoms with van der Waals surface area (Å²) < 4.78 is 2.97. The van der Waals surface area contributed by atoms with Crippen LogP contribution in [0.15, 0.2) is 35.5 Å². The summed E-state index contributed by atoms with van der Waals surface area (Å²) in [5.41, 5.74) is 0.572. The molecule has 8 heteroatoms. The van der Waals surface area contributed by atoms with Crippen LogP contribution in [0.3, 0.4) is 0 Å². The van der Waals surface area contributed by atoms with Gasteiger partial charge in [0.2, 0.25) is 5.91 Å². The Morgan fingerprint density at radius 3 is 2.67 bits per heavy atom. The smallest absolute Gasteiger partial charge is 0.257 e. The molecule has 1 fully saturated rings. The van der Waals surface area contributed by atoms with Gasteiger partial charge in [0.1, 0.15) is 6.54 Å². The number of carbonyl (C=O) groups excluding carboxylic acids is 2. The van der Waals surface area contributed by atoms with E-state index in [0.29, 0.717) is 17.8 Å². The lowest BCUT2D eigenvalue weighted by Gasteiger charge is -2.22. The monoisotopic (exact) mass is 371 g/mol. The van der Waals surface area contributed by atoms with E-state index < -0.39 is 0 Å². The second kappa shape index (κ2) is 8.66. The van der Waals surface area contributed by atoms with Crippen LogP contribution in [0.5, 0.6) is 0 Å². The Hall–Kier alpha value is -2.90. The lowest BCUT2D eigenvalue weighted by Crippen LogP contribution is -2.39. The number of hydrogen-bond acceptors (Lipinski definition) is 4. The van der Waals surface area contributed by atoms with E-state index in [9.17, 15) is 14.4 Å². The van der Waals surface area contributed by atoms with Gasteiger partial charge in [-0.1, -0.05) is 19.3 Å². The summed E-state index contributed by atoms with van der Waals surface area (Å²) >= 11 is 0. The minimum Gasteiger partial charge on any atom is -0.352 e. The molecule has 144 valence electrons. The minimum absolute atomic E-state index is 0.0930. The number of carbonyl (C=O) groups is 2. The summed E-state index contributed by atoms with van der Waals surface area (Å²) in [6.45, 7) is 2.56. The Labute approximate surface area is 157 Å². The van der Waals surface area contributed by atoms with Crippen molar-refractivity contribution in [3.05, 3.63) is 46.6 Å². The van der Waals surface area contributed by atoms with Crippen LogP contribution in [0.1, 0.15) is 49.4 Å². The van der Waals surface area contributed by atoms with Crippen LogP contribution in [0.25, 0.3) is 0 Å². The van der Waals surface area contributed by atoms with Gasteiger partial charge in [-0.2, -0.15) is 5.10 Å². The maximum absolute atomic E-state index is 12.4. The molecule has 27 heavy (non-hydrogen) atoms. The molecule has 8 nitrogen and oxygen atoms in total. The molecule has 1 aliphatic rings. The van der Waals surface area contributed by atoms with Crippen LogP contribution in [0.2, 0.25) is 0 Å². The van der Waals surface area contributed by atoms with Crippen LogP contribution < -0.4 is 16.2 Å². The van der Waals surface area contributed by atoms with E-state index in [0.717, 1.165) is 25.7 Å². The Bertz CT molecular complexity index is 864. The van der Waals surface area contributed by atoms with Gasteiger partial charge in [0, 0.05) is 31.0 Å². The molecule has 0 unspecified atom stereocenters. The van der Waals surface area contributed by atoms with Crippen molar-refractivity contribution >= 4 is 17.5 Å². The molecule has 0 bridgehead atoms. The Morgan fingerprint density at radius 2 is 1.96 bits per heavy atom. The first-order valence-corrected chi connectivity index (χ1v) is 9.39. The summed E-state index contributed by atoms with van der Waals surface area (Å²) in [4.78, 5) is 36.7. The van der Waals surface area contributed by atoms with Crippen molar-refractivity contribution in [2.45, 2.75) is 58.2 Å². The Kier molecular flexibility index (Phi) is 6.05. The fourth-order valence-electron chi connectivity index (χ4n) is 3.27. The number of nitrogens with zero attached hydrogens (tertiary/aromatic N) is 3. The van der Waals surface area contributed by atoms with Crippen molar-refractivity contribution in [1.82, 2.24) is 19.7 Å². The highest BCUT2D eigenvalue weighted by molar-refractivity contribution is 6.03. The van der Waals surface area contributed by atoms with E-state index in [1.807, 2.05) is 6.92 Å². The summed E-state index contributed by atoms with van der Waals surface area (Å²) in [6.07, 6.45) is 10.1. The quantitative estimate of drug-likeness (QED) is 0.808. The van der Waals surface area contributed by atoms with Gasteiger partial charge in [0.15, 0.2) is 0 Å². The van der Waals surface area contributed by atoms with Crippen LogP contribution in [0.4, 0.5) is 5.69 Å². The minimum atomic E-state index is -0.355. The van der Waals surface area contributed by atoms with Crippen LogP contribution in [0, 0.1) is 0 Å². The SMILES string of the molecule is CCn1cc(NC(=O)c2ccc(=O)n(CC(=O)NC3CCCCC3)c2)cn1. The van der Waals surface area contributed by atoms with Crippen molar-refractivity contribution < 1.29 is 9.59 Å². The Balaban J connectivity index is 1.65. The fraction of sp³-hybridized carbons (Fsp3) is 0.474. The number of aromatic nitrogens is 3. The third-order valence-corrected chi connectivity index (χ3v) is 4.74. The molecule has 0 aromatic carbocycles. The number of rotatable bonds is 6. The molecular weight excluding hydrogens is 346 g/mol. The number of anilines is 1. The normalized spacial score (nSPS) is 14.7. The standard InChI is InChI=1S/C19H25N5O3/c1-2-24-12-16(10-20-24)22-19(27)14-8-9-18(26)23(11-14)13-17(25)21-15-6-4-3-5-7-15/h8-12,15H,2-7,13H2,1H3,(H,21,25)(H,22,27). The molecule has 1 aliphatic carbocycles. The first-order valence-electron chi connectivity index (χ1n) is 9.39. The second-order valence-electron chi connectivity index (χ2n) is 6.83. The highest BCUT2D eigenvalue weighted by atomic mass is 16.2. The number of nitrogens with one attached hydrogen (secondary N) is 2. The zero-order valence-corrected chi connectivity index (χ0v) is 15.5. The summed E-state index contributed by atoms with van der Waals surface area (Å²) in [5.74, 6) is -0.558. The molecule has 0 atom stereocenters. The van der Waals surface area contributed by atoms with Crippen LogP contribution in [-0.2, 0) is 17.9 Å². The van der Waals surface area contributed by atoms with Crippen molar-refractivity contribution in [1.29, 1.82) is 0 Å².